The van der Waals surface area contributed by atoms with Crippen LogP contribution in [-0.2, 0) is 22.7 Å². The van der Waals surface area contributed by atoms with Crippen LogP contribution >= 0.6 is 23.2 Å². The molecule has 286 valence electrons. The number of hydrogen-bond acceptors (Lipinski definition) is 8. The highest BCUT2D eigenvalue weighted by Gasteiger charge is 2.26. The van der Waals surface area contributed by atoms with Crippen LogP contribution in [0.2, 0.25) is 10.0 Å². The molecule has 2 saturated heterocycles. The van der Waals surface area contributed by atoms with Crippen molar-refractivity contribution >= 4 is 35.0 Å². The van der Waals surface area contributed by atoms with Gasteiger partial charge in [0.15, 0.2) is 0 Å². The van der Waals surface area contributed by atoms with Gasteiger partial charge in [-0.25, -0.2) is 4.98 Å². The lowest BCUT2D eigenvalue weighted by Gasteiger charge is -2.36. The number of pyridine rings is 2. The standard InChI is InChI=1S/C42H50Cl2N6O4/c1-27(51)49-20-15-32(16-21-49)47(3)25-30-11-10-29(24-38(30)53-5)41-40(44)35(14-19-45-41)34-8-7-9-36(39(34)43)37-13-12-31(42(46-37)54-6)26-48(4)33-17-22-50(23-18-33)28(2)52/h7-14,19,24,32-33H,15-18,20-23,25-26H2,1-6H3. The molecule has 0 radical (unpaired) electrons. The zero-order valence-corrected chi connectivity index (χ0v) is 33.6. The zero-order valence-electron chi connectivity index (χ0n) is 32.1. The third-order valence-electron chi connectivity index (χ3n) is 11.1. The van der Waals surface area contributed by atoms with E-state index in [-0.39, 0.29) is 11.8 Å². The number of amides is 2. The lowest BCUT2D eigenvalue weighted by atomic mass is 9.98. The molecule has 0 saturated carbocycles. The van der Waals surface area contributed by atoms with E-state index in [4.69, 9.17) is 37.7 Å². The van der Waals surface area contributed by atoms with Gasteiger partial charge >= 0.3 is 0 Å². The van der Waals surface area contributed by atoms with E-state index in [1.165, 1.54) is 0 Å². The van der Waals surface area contributed by atoms with E-state index in [0.29, 0.717) is 45.9 Å². The van der Waals surface area contributed by atoms with Gasteiger partial charge in [-0.15, -0.1) is 0 Å². The molecule has 6 rings (SSSR count). The van der Waals surface area contributed by atoms with Gasteiger partial charge in [-0.3, -0.25) is 24.4 Å². The van der Waals surface area contributed by atoms with Crippen molar-refractivity contribution in [2.45, 2.75) is 64.7 Å². The van der Waals surface area contributed by atoms with E-state index in [9.17, 15) is 9.59 Å². The second kappa shape index (κ2) is 17.5. The number of benzene rings is 2. The fourth-order valence-electron chi connectivity index (χ4n) is 7.77. The summed E-state index contributed by atoms with van der Waals surface area (Å²) in [5, 5.41) is 1.01. The monoisotopic (exact) mass is 772 g/mol. The van der Waals surface area contributed by atoms with Crippen LogP contribution in [0.4, 0.5) is 0 Å². The number of hydrogen-bond donors (Lipinski definition) is 0. The predicted octanol–water partition coefficient (Wildman–Crippen LogP) is 7.69. The number of nitrogens with zero attached hydrogens (tertiary/aromatic N) is 6. The quantitative estimate of drug-likeness (QED) is 0.153. The second-order valence-corrected chi connectivity index (χ2v) is 15.1. The largest absolute Gasteiger partial charge is 0.496 e. The van der Waals surface area contributed by atoms with Crippen molar-refractivity contribution < 1.29 is 19.1 Å². The summed E-state index contributed by atoms with van der Waals surface area (Å²) in [6, 6.07) is 18.6. The van der Waals surface area contributed by atoms with Gasteiger partial charge in [0.2, 0.25) is 17.7 Å². The average molecular weight is 774 g/mol. The van der Waals surface area contributed by atoms with Crippen LogP contribution in [0.25, 0.3) is 33.6 Å². The van der Waals surface area contributed by atoms with Gasteiger partial charge in [0, 0.05) is 105 Å². The van der Waals surface area contributed by atoms with E-state index < -0.39 is 0 Å². The van der Waals surface area contributed by atoms with E-state index in [0.717, 1.165) is 97.5 Å². The number of methoxy groups -OCH3 is 2. The third-order valence-corrected chi connectivity index (χ3v) is 11.8. The summed E-state index contributed by atoms with van der Waals surface area (Å²) >= 11 is 14.3. The number of halogens is 2. The zero-order chi connectivity index (χ0) is 38.5. The fraction of sp³-hybridized carbons (Fsp3) is 0.429. The smallest absolute Gasteiger partial charge is 0.219 e. The first-order valence-electron chi connectivity index (χ1n) is 18.6. The Hall–Kier alpha value is -4.22. The Morgan fingerprint density at radius 2 is 1.30 bits per heavy atom. The lowest BCUT2D eigenvalue weighted by Crippen LogP contribution is -2.44. The molecule has 4 heterocycles. The second-order valence-electron chi connectivity index (χ2n) is 14.4. The minimum absolute atomic E-state index is 0.137. The Bertz CT molecular complexity index is 1840. The predicted molar refractivity (Wildman–Crippen MR) is 215 cm³/mol. The number of rotatable bonds is 11. The van der Waals surface area contributed by atoms with Gasteiger partial charge in [-0.1, -0.05) is 59.6 Å². The number of carbonyl (C=O) groups excluding carboxylic acids is 2. The Balaban J connectivity index is 1.20. The Morgan fingerprint density at radius 1 is 0.741 bits per heavy atom. The molecule has 0 N–H and O–H groups in total. The van der Waals surface area contributed by atoms with Crippen molar-refractivity contribution in [1.82, 2.24) is 29.6 Å². The molecule has 0 bridgehead atoms. The minimum atomic E-state index is 0.137. The van der Waals surface area contributed by atoms with Crippen LogP contribution in [0, 0.1) is 0 Å². The Morgan fingerprint density at radius 3 is 1.87 bits per heavy atom. The van der Waals surface area contributed by atoms with Crippen LogP contribution in [0.1, 0.15) is 50.7 Å². The minimum Gasteiger partial charge on any atom is -0.496 e. The van der Waals surface area contributed by atoms with Crippen molar-refractivity contribution in [1.29, 1.82) is 0 Å². The maximum Gasteiger partial charge on any atom is 0.219 e. The molecular formula is C42H50Cl2N6O4. The third kappa shape index (κ3) is 8.68. The van der Waals surface area contributed by atoms with Crippen molar-refractivity contribution in [3.05, 3.63) is 82.0 Å². The van der Waals surface area contributed by atoms with Gasteiger partial charge in [0.05, 0.1) is 35.7 Å². The molecule has 2 aromatic carbocycles. The van der Waals surface area contributed by atoms with Crippen molar-refractivity contribution in [2.75, 3.05) is 54.5 Å². The molecule has 2 amide bonds. The summed E-state index contributed by atoms with van der Waals surface area (Å²) in [6.45, 7) is 7.79. The highest BCUT2D eigenvalue weighted by Crippen LogP contribution is 2.42. The van der Waals surface area contributed by atoms with Gasteiger partial charge in [-0.2, -0.15) is 0 Å². The van der Waals surface area contributed by atoms with E-state index in [2.05, 4.69) is 41.0 Å². The maximum absolute atomic E-state index is 11.8. The van der Waals surface area contributed by atoms with Gasteiger partial charge < -0.3 is 19.3 Å². The number of carbonyl (C=O) groups is 2. The summed E-state index contributed by atoms with van der Waals surface area (Å²) in [5.41, 5.74) is 6.50. The van der Waals surface area contributed by atoms with Gasteiger partial charge in [-0.05, 0) is 58.0 Å². The summed E-state index contributed by atoms with van der Waals surface area (Å²) < 4.78 is 11.7. The molecule has 2 aliphatic rings. The van der Waals surface area contributed by atoms with Crippen LogP contribution in [0.15, 0.2) is 60.8 Å². The lowest BCUT2D eigenvalue weighted by molar-refractivity contribution is -0.131. The first-order chi connectivity index (χ1) is 26.0. The molecule has 0 spiro atoms. The molecule has 12 heteroatoms. The molecule has 2 aromatic heterocycles. The van der Waals surface area contributed by atoms with Crippen LogP contribution < -0.4 is 9.47 Å². The number of ether oxygens (including phenoxy) is 2. The molecular weight excluding hydrogens is 723 g/mol. The van der Waals surface area contributed by atoms with E-state index in [1.807, 2.05) is 52.3 Å². The summed E-state index contributed by atoms with van der Waals surface area (Å²) in [7, 11) is 7.56. The highest BCUT2D eigenvalue weighted by molar-refractivity contribution is 6.39. The Labute approximate surface area is 329 Å². The van der Waals surface area contributed by atoms with E-state index in [1.54, 1.807) is 34.3 Å². The van der Waals surface area contributed by atoms with Crippen molar-refractivity contribution in [3.8, 4) is 45.3 Å². The van der Waals surface area contributed by atoms with Gasteiger partial charge in [0.1, 0.15) is 5.75 Å². The fourth-order valence-corrected chi connectivity index (χ4v) is 8.42. The number of likely N-dealkylation sites (tertiary alicyclic amines) is 2. The van der Waals surface area contributed by atoms with Crippen molar-refractivity contribution in [3.63, 3.8) is 0 Å². The van der Waals surface area contributed by atoms with Crippen LogP contribution in [0.3, 0.4) is 0 Å². The van der Waals surface area contributed by atoms with Crippen molar-refractivity contribution in [2.24, 2.45) is 0 Å². The normalized spacial score (nSPS) is 15.6. The number of aromatic nitrogens is 2. The molecule has 0 unspecified atom stereocenters. The Kier molecular flexibility index (Phi) is 12.8. The first-order valence-corrected chi connectivity index (χ1v) is 19.3. The number of piperidine rings is 2. The molecule has 0 aliphatic carbocycles. The summed E-state index contributed by atoms with van der Waals surface area (Å²) in [6.07, 6.45) is 5.52. The van der Waals surface area contributed by atoms with Crippen LogP contribution in [0.5, 0.6) is 11.6 Å². The maximum atomic E-state index is 11.8. The topological polar surface area (TPSA) is 91.3 Å². The molecule has 4 aromatic rings. The molecule has 10 nitrogen and oxygen atoms in total. The first kappa shape index (κ1) is 39.5. The molecule has 54 heavy (non-hydrogen) atoms. The molecule has 0 atom stereocenters. The highest BCUT2D eigenvalue weighted by atomic mass is 35.5. The van der Waals surface area contributed by atoms with Crippen LogP contribution in [-0.4, -0.2) is 108 Å². The molecule has 2 aliphatic heterocycles. The summed E-state index contributed by atoms with van der Waals surface area (Å²) in [4.78, 5) is 41.7. The SMILES string of the molecule is COc1cc(-c2nccc(-c3cccc(-c4ccc(CN(C)C5CCN(C(C)=O)CC5)c(OC)n4)c3Cl)c2Cl)ccc1CN(C)C1CCN(C(C)=O)CC1. The van der Waals surface area contributed by atoms with E-state index >= 15 is 0 Å². The average Bonchev–Trinajstić information content (AvgIpc) is 3.18. The molecule has 2 fully saturated rings. The van der Waals surface area contributed by atoms with Gasteiger partial charge in [0.25, 0.3) is 0 Å². The summed E-state index contributed by atoms with van der Waals surface area (Å²) in [5.74, 6) is 1.59.